The first-order valence-electron chi connectivity index (χ1n) is 6.41. The fraction of sp³-hybridized carbons (Fsp3) is 0.667. The van der Waals surface area contributed by atoms with E-state index in [1.54, 1.807) is 11.8 Å². The Kier molecular flexibility index (Phi) is 3.82. The highest BCUT2D eigenvalue weighted by Gasteiger charge is 2.38. The van der Waals surface area contributed by atoms with Crippen LogP contribution in [0.5, 0.6) is 0 Å². The molecule has 0 radical (unpaired) electrons. The van der Waals surface area contributed by atoms with Gasteiger partial charge in [0.05, 0.1) is 0 Å². The van der Waals surface area contributed by atoms with Crippen LogP contribution in [0.1, 0.15) is 32.5 Å². The van der Waals surface area contributed by atoms with E-state index in [-0.39, 0.29) is 11.8 Å². The molecule has 2 amide bonds. The van der Waals surface area contributed by atoms with E-state index in [1.807, 2.05) is 6.92 Å². The van der Waals surface area contributed by atoms with Crippen molar-refractivity contribution in [3.05, 3.63) is 12.2 Å². The van der Waals surface area contributed by atoms with Gasteiger partial charge < -0.3 is 14.7 Å². The second-order valence-corrected chi connectivity index (χ2v) is 4.87. The van der Waals surface area contributed by atoms with Crippen LogP contribution >= 0.6 is 0 Å². The summed E-state index contributed by atoms with van der Waals surface area (Å²) < 4.78 is 4.65. The predicted octanol–water partition coefficient (Wildman–Crippen LogP) is 0.129. The van der Waals surface area contributed by atoms with E-state index >= 15 is 0 Å². The molecule has 2 rings (SSSR count). The predicted molar refractivity (Wildman–Crippen MR) is 66.0 cm³/mol. The van der Waals surface area contributed by atoms with E-state index < -0.39 is 5.54 Å². The van der Waals surface area contributed by atoms with Crippen LogP contribution in [0.4, 0.5) is 0 Å². The Labute approximate surface area is 111 Å². The van der Waals surface area contributed by atoms with Crippen LogP contribution in [0.15, 0.2) is 10.9 Å². The van der Waals surface area contributed by atoms with Gasteiger partial charge in [0, 0.05) is 25.9 Å². The van der Waals surface area contributed by atoms with Crippen LogP contribution in [0.3, 0.4) is 0 Å². The summed E-state index contributed by atoms with van der Waals surface area (Å²) in [6.45, 7) is 4.57. The molecule has 1 aliphatic heterocycles. The van der Waals surface area contributed by atoms with Gasteiger partial charge in [0.25, 0.3) is 0 Å². The lowest BCUT2D eigenvalue weighted by Crippen LogP contribution is -2.54. The third kappa shape index (κ3) is 2.91. The lowest BCUT2D eigenvalue weighted by Gasteiger charge is -2.31. The fourth-order valence-electron chi connectivity index (χ4n) is 2.10. The summed E-state index contributed by atoms with van der Waals surface area (Å²) in [4.78, 5) is 29.7. The van der Waals surface area contributed by atoms with Gasteiger partial charge in [0.15, 0.2) is 5.82 Å². The standard InChI is InChI=1S/C12H18N4O3/c1-3-12(2)11(18)16(7-5-10(17)14-12)6-4-9-13-8-19-15-9/h8H,3-7H2,1-2H3,(H,14,17). The molecule has 1 saturated heterocycles. The minimum Gasteiger partial charge on any atom is -0.343 e. The van der Waals surface area contributed by atoms with Crippen molar-refractivity contribution in [3.8, 4) is 0 Å². The summed E-state index contributed by atoms with van der Waals surface area (Å²) in [6, 6.07) is 0. The van der Waals surface area contributed by atoms with E-state index in [2.05, 4.69) is 20.0 Å². The van der Waals surface area contributed by atoms with Gasteiger partial charge in [-0.15, -0.1) is 0 Å². The van der Waals surface area contributed by atoms with Gasteiger partial charge in [-0.25, -0.2) is 0 Å². The number of amides is 2. The first kappa shape index (κ1) is 13.5. The molecule has 1 aliphatic rings. The normalized spacial score (nSPS) is 24.2. The second kappa shape index (κ2) is 5.38. The summed E-state index contributed by atoms with van der Waals surface area (Å²) in [6.07, 6.45) is 2.68. The Morgan fingerprint density at radius 3 is 2.95 bits per heavy atom. The van der Waals surface area contributed by atoms with Crippen molar-refractivity contribution < 1.29 is 14.1 Å². The van der Waals surface area contributed by atoms with Gasteiger partial charge in [-0.05, 0) is 13.3 Å². The van der Waals surface area contributed by atoms with Gasteiger partial charge in [-0.3, -0.25) is 9.59 Å². The lowest BCUT2D eigenvalue weighted by molar-refractivity contribution is -0.138. The number of nitrogens with one attached hydrogen (secondary N) is 1. The zero-order chi connectivity index (χ0) is 13.9. The molecule has 0 saturated carbocycles. The summed E-state index contributed by atoms with van der Waals surface area (Å²) in [7, 11) is 0. The van der Waals surface area contributed by atoms with E-state index in [1.165, 1.54) is 6.39 Å². The molecule has 19 heavy (non-hydrogen) atoms. The Hall–Kier alpha value is -1.92. The van der Waals surface area contributed by atoms with Gasteiger partial charge in [-0.2, -0.15) is 4.98 Å². The van der Waals surface area contributed by atoms with Crippen molar-refractivity contribution in [1.29, 1.82) is 0 Å². The largest absolute Gasteiger partial charge is 0.343 e. The maximum absolute atomic E-state index is 12.5. The van der Waals surface area contributed by atoms with Crippen LogP contribution in [0.25, 0.3) is 0 Å². The number of carbonyl (C=O) groups excluding carboxylic acids is 2. The highest BCUT2D eigenvalue weighted by atomic mass is 16.5. The third-order valence-electron chi connectivity index (χ3n) is 3.50. The maximum Gasteiger partial charge on any atom is 0.248 e. The SMILES string of the molecule is CCC1(C)NC(=O)CCN(CCc2ncon2)C1=O. The molecule has 7 nitrogen and oxygen atoms in total. The minimum atomic E-state index is -0.815. The highest BCUT2D eigenvalue weighted by molar-refractivity contribution is 5.93. The number of aromatic nitrogens is 2. The molecule has 104 valence electrons. The number of hydrogen-bond donors (Lipinski definition) is 1. The molecule has 0 bridgehead atoms. The first-order chi connectivity index (χ1) is 9.05. The smallest absolute Gasteiger partial charge is 0.248 e. The molecular weight excluding hydrogens is 248 g/mol. The van der Waals surface area contributed by atoms with Crippen molar-refractivity contribution in [2.75, 3.05) is 13.1 Å². The maximum atomic E-state index is 12.5. The molecule has 1 N–H and O–H groups in total. The summed E-state index contributed by atoms with van der Waals surface area (Å²) in [5.41, 5.74) is -0.815. The topological polar surface area (TPSA) is 88.3 Å². The zero-order valence-corrected chi connectivity index (χ0v) is 11.2. The van der Waals surface area contributed by atoms with E-state index in [0.29, 0.717) is 38.2 Å². The van der Waals surface area contributed by atoms with Crippen molar-refractivity contribution in [2.24, 2.45) is 0 Å². The fourth-order valence-corrected chi connectivity index (χ4v) is 2.10. The summed E-state index contributed by atoms with van der Waals surface area (Å²) in [5.74, 6) is 0.429. The van der Waals surface area contributed by atoms with Crippen LogP contribution in [0, 0.1) is 0 Å². The van der Waals surface area contributed by atoms with E-state index in [9.17, 15) is 9.59 Å². The van der Waals surface area contributed by atoms with Crippen molar-refractivity contribution in [3.63, 3.8) is 0 Å². The number of hydrogen-bond acceptors (Lipinski definition) is 5. The van der Waals surface area contributed by atoms with Crippen molar-refractivity contribution >= 4 is 11.8 Å². The Morgan fingerprint density at radius 2 is 2.32 bits per heavy atom. The molecular formula is C12H18N4O3. The van der Waals surface area contributed by atoms with Gasteiger partial charge >= 0.3 is 0 Å². The average Bonchev–Trinajstić information content (AvgIpc) is 2.87. The minimum absolute atomic E-state index is 0.0515. The van der Waals surface area contributed by atoms with Crippen molar-refractivity contribution in [2.45, 2.75) is 38.6 Å². The zero-order valence-electron chi connectivity index (χ0n) is 11.2. The lowest BCUT2D eigenvalue weighted by atomic mass is 9.97. The number of carbonyl (C=O) groups is 2. The molecule has 0 aromatic carbocycles. The Bertz CT molecular complexity index is 460. The molecule has 1 aromatic heterocycles. The van der Waals surface area contributed by atoms with Crippen LogP contribution in [-0.2, 0) is 16.0 Å². The Balaban J connectivity index is 2.06. The Morgan fingerprint density at radius 1 is 1.53 bits per heavy atom. The molecule has 1 fully saturated rings. The molecule has 1 aromatic rings. The van der Waals surface area contributed by atoms with Crippen LogP contribution < -0.4 is 5.32 Å². The van der Waals surface area contributed by atoms with Gasteiger partial charge in [0.2, 0.25) is 18.2 Å². The monoisotopic (exact) mass is 266 g/mol. The third-order valence-corrected chi connectivity index (χ3v) is 3.50. The van der Waals surface area contributed by atoms with E-state index in [4.69, 9.17) is 0 Å². The first-order valence-corrected chi connectivity index (χ1v) is 6.41. The molecule has 2 heterocycles. The molecule has 1 unspecified atom stereocenters. The van der Waals surface area contributed by atoms with Crippen LogP contribution in [-0.4, -0.2) is 45.5 Å². The second-order valence-electron chi connectivity index (χ2n) is 4.87. The van der Waals surface area contributed by atoms with E-state index in [0.717, 1.165) is 0 Å². The highest BCUT2D eigenvalue weighted by Crippen LogP contribution is 2.17. The molecule has 0 spiro atoms. The van der Waals surface area contributed by atoms with Gasteiger partial charge in [0.1, 0.15) is 5.54 Å². The van der Waals surface area contributed by atoms with Crippen molar-refractivity contribution in [1.82, 2.24) is 20.4 Å². The average molecular weight is 266 g/mol. The molecule has 1 atom stereocenters. The molecule has 7 heteroatoms. The number of rotatable bonds is 4. The summed E-state index contributed by atoms with van der Waals surface area (Å²) in [5, 5.41) is 6.51. The summed E-state index contributed by atoms with van der Waals surface area (Å²) >= 11 is 0. The van der Waals surface area contributed by atoms with Crippen LogP contribution in [0.2, 0.25) is 0 Å². The molecule has 0 aliphatic carbocycles. The van der Waals surface area contributed by atoms with Gasteiger partial charge in [-0.1, -0.05) is 12.1 Å². The number of nitrogens with zero attached hydrogens (tertiary/aromatic N) is 3. The quantitative estimate of drug-likeness (QED) is 0.836.